The van der Waals surface area contributed by atoms with Crippen molar-refractivity contribution >= 4 is 0 Å². The van der Waals surface area contributed by atoms with Crippen molar-refractivity contribution < 1.29 is 14.2 Å². The van der Waals surface area contributed by atoms with Gasteiger partial charge in [-0.2, -0.15) is 0 Å². The van der Waals surface area contributed by atoms with Crippen LogP contribution in [0.5, 0.6) is 11.5 Å². The summed E-state index contributed by atoms with van der Waals surface area (Å²) in [6.45, 7) is 8.28. The van der Waals surface area contributed by atoms with E-state index in [0.717, 1.165) is 49.7 Å². The number of methoxy groups -OCH3 is 1. The lowest BCUT2D eigenvalue weighted by Gasteiger charge is -2.58. The zero-order valence-electron chi connectivity index (χ0n) is 17.1. The fourth-order valence-corrected chi connectivity index (χ4v) is 5.30. The van der Waals surface area contributed by atoms with Crippen molar-refractivity contribution in [3.63, 3.8) is 0 Å². The van der Waals surface area contributed by atoms with Gasteiger partial charge < -0.3 is 18.8 Å². The van der Waals surface area contributed by atoms with Crippen molar-refractivity contribution in [3.8, 4) is 11.5 Å². The molecule has 0 saturated carbocycles. The summed E-state index contributed by atoms with van der Waals surface area (Å²) in [5.41, 5.74) is 2.33. The summed E-state index contributed by atoms with van der Waals surface area (Å²) in [6.07, 6.45) is 5.03. The van der Waals surface area contributed by atoms with Gasteiger partial charge in [0.05, 0.1) is 31.8 Å². The molecule has 150 valence electrons. The molecule has 4 heterocycles. The lowest BCUT2D eigenvalue weighted by atomic mass is 9.64. The molecule has 1 spiro atoms. The lowest BCUT2D eigenvalue weighted by molar-refractivity contribution is -0.200. The summed E-state index contributed by atoms with van der Waals surface area (Å²) < 4.78 is 20.6. The highest BCUT2D eigenvalue weighted by Crippen LogP contribution is 2.56. The van der Waals surface area contributed by atoms with Gasteiger partial charge in [0.1, 0.15) is 5.60 Å². The Bertz CT molecular complexity index is 885. The first-order valence-corrected chi connectivity index (χ1v) is 10.1. The number of ether oxygens (including phenoxy) is 3. The molecule has 1 aromatic heterocycles. The first-order valence-electron chi connectivity index (χ1n) is 10.1. The zero-order valence-corrected chi connectivity index (χ0v) is 17.1. The van der Waals surface area contributed by atoms with Crippen LogP contribution in [0.25, 0.3) is 0 Å². The van der Waals surface area contributed by atoms with Crippen molar-refractivity contribution in [2.75, 3.05) is 26.8 Å². The molecule has 0 amide bonds. The van der Waals surface area contributed by atoms with Crippen molar-refractivity contribution in [2.24, 2.45) is 18.4 Å². The number of aromatic nitrogens is 2. The second-order valence-electron chi connectivity index (χ2n) is 9.27. The zero-order chi connectivity index (χ0) is 19.5. The molecule has 6 nitrogen and oxygen atoms in total. The molecular formula is C22H29N3O3. The second kappa shape index (κ2) is 6.22. The molecule has 0 bridgehead atoms. The molecule has 0 N–H and O–H groups in total. The Balaban J connectivity index is 1.34. The van der Waals surface area contributed by atoms with Crippen molar-refractivity contribution in [1.82, 2.24) is 14.5 Å². The van der Waals surface area contributed by atoms with Gasteiger partial charge in [-0.1, -0.05) is 12.1 Å². The van der Waals surface area contributed by atoms with E-state index in [1.54, 1.807) is 7.11 Å². The normalized spacial score (nSPS) is 27.4. The van der Waals surface area contributed by atoms with Crippen LogP contribution in [0.1, 0.15) is 37.6 Å². The van der Waals surface area contributed by atoms with Crippen molar-refractivity contribution in [3.05, 3.63) is 42.0 Å². The Hall–Kier alpha value is -2.05. The Morgan fingerprint density at radius 1 is 1.29 bits per heavy atom. The highest BCUT2D eigenvalue weighted by atomic mass is 16.5. The largest absolute Gasteiger partial charge is 0.493 e. The van der Waals surface area contributed by atoms with E-state index in [4.69, 9.17) is 14.2 Å². The molecular weight excluding hydrogens is 354 g/mol. The van der Waals surface area contributed by atoms with Crippen LogP contribution in [0.4, 0.5) is 0 Å². The molecule has 2 fully saturated rings. The van der Waals surface area contributed by atoms with Crippen LogP contribution in [-0.4, -0.2) is 46.9 Å². The molecule has 2 saturated heterocycles. The molecule has 3 aliphatic rings. The predicted octanol–water partition coefficient (Wildman–Crippen LogP) is 3.18. The molecule has 3 aliphatic heterocycles. The third kappa shape index (κ3) is 2.73. The van der Waals surface area contributed by atoms with Gasteiger partial charge in [-0.15, -0.1) is 0 Å². The predicted molar refractivity (Wildman–Crippen MR) is 105 cm³/mol. The summed E-state index contributed by atoms with van der Waals surface area (Å²) in [5, 5.41) is 0. The average Bonchev–Trinajstić information content (AvgIpc) is 3.05. The molecule has 1 aromatic carbocycles. The summed E-state index contributed by atoms with van der Waals surface area (Å²) in [4.78, 5) is 6.72. The van der Waals surface area contributed by atoms with E-state index in [2.05, 4.69) is 41.4 Å². The van der Waals surface area contributed by atoms with Crippen LogP contribution in [0.15, 0.2) is 30.7 Å². The van der Waals surface area contributed by atoms with Crippen LogP contribution >= 0.6 is 0 Å². The van der Waals surface area contributed by atoms with Gasteiger partial charge in [0, 0.05) is 49.8 Å². The van der Waals surface area contributed by atoms with E-state index in [-0.39, 0.29) is 17.1 Å². The molecule has 0 radical (unpaired) electrons. The van der Waals surface area contributed by atoms with E-state index >= 15 is 0 Å². The second-order valence-corrected chi connectivity index (χ2v) is 9.27. The Morgan fingerprint density at radius 2 is 2.11 bits per heavy atom. The standard InChI is InChI=1S/C22H29N3O3/c1-21(2)17-8-22(11-25(12-22)10-15-9-23-14-24(15)3)13-27-19(17)16-6-5-7-18(26-4)20(16)28-21/h5-7,9,14,17,19H,8,10-13H2,1-4H3/t17-,19+/m0/s1. The van der Waals surface area contributed by atoms with Gasteiger partial charge in [0.15, 0.2) is 11.5 Å². The molecule has 0 unspecified atom stereocenters. The Labute approximate surface area is 166 Å². The molecule has 6 heteroatoms. The van der Waals surface area contributed by atoms with Crippen LogP contribution in [-0.2, 0) is 18.3 Å². The quantitative estimate of drug-likeness (QED) is 0.815. The minimum absolute atomic E-state index is 0.0746. The highest BCUT2D eigenvalue weighted by molar-refractivity contribution is 5.50. The smallest absolute Gasteiger partial charge is 0.167 e. The third-order valence-corrected chi connectivity index (χ3v) is 6.80. The first kappa shape index (κ1) is 18.0. The molecule has 2 atom stereocenters. The number of hydrogen-bond donors (Lipinski definition) is 0. The highest BCUT2D eigenvalue weighted by Gasteiger charge is 2.56. The number of likely N-dealkylation sites (tertiary alicyclic amines) is 1. The number of nitrogens with zero attached hydrogens (tertiary/aromatic N) is 3. The minimum atomic E-state index is -0.290. The van der Waals surface area contributed by atoms with Crippen LogP contribution in [0.2, 0.25) is 0 Å². The van der Waals surface area contributed by atoms with Gasteiger partial charge in [0.2, 0.25) is 0 Å². The lowest BCUT2D eigenvalue weighted by Crippen LogP contribution is -2.63. The van der Waals surface area contributed by atoms with E-state index in [1.165, 1.54) is 5.69 Å². The number of aryl methyl sites for hydroxylation is 1. The molecule has 28 heavy (non-hydrogen) atoms. The van der Waals surface area contributed by atoms with E-state index < -0.39 is 0 Å². The van der Waals surface area contributed by atoms with Crippen molar-refractivity contribution in [1.29, 1.82) is 0 Å². The van der Waals surface area contributed by atoms with Gasteiger partial charge in [-0.25, -0.2) is 4.98 Å². The minimum Gasteiger partial charge on any atom is -0.493 e. The number of rotatable bonds is 3. The fourth-order valence-electron chi connectivity index (χ4n) is 5.30. The van der Waals surface area contributed by atoms with Crippen LogP contribution < -0.4 is 9.47 Å². The Morgan fingerprint density at radius 3 is 2.82 bits per heavy atom. The maximum Gasteiger partial charge on any atom is 0.167 e. The SMILES string of the molecule is COc1cccc2c1OC(C)(C)[C@H]1CC3(CO[C@H]21)CN(Cc1cncn1C)C3. The van der Waals surface area contributed by atoms with Gasteiger partial charge in [-0.3, -0.25) is 4.90 Å². The van der Waals surface area contributed by atoms with Gasteiger partial charge >= 0.3 is 0 Å². The average molecular weight is 383 g/mol. The molecule has 2 aromatic rings. The number of fused-ring (bicyclic) bond motifs is 3. The summed E-state index contributed by atoms with van der Waals surface area (Å²) >= 11 is 0. The molecule has 5 rings (SSSR count). The maximum atomic E-state index is 6.53. The summed E-state index contributed by atoms with van der Waals surface area (Å²) in [6, 6.07) is 6.11. The first-order chi connectivity index (χ1) is 13.4. The number of imidazole rings is 1. The monoisotopic (exact) mass is 383 g/mol. The fraction of sp³-hybridized carbons (Fsp3) is 0.591. The molecule has 0 aliphatic carbocycles. The van der Waals surface area contributed by atoms with Crippen LogP contribution in [0.3, 0.4) is 0 Å². The van der Waals surface area contributed by atoms with E-state index in [9.17, 15) is 0 Å². The van der Waals surface area contributed by atoms with Crippen molar-refractivity contribution in [2.45, 2.75) is 38.5 Å². The van der Waals surface area contributed by atoms with Gasteiger partial charge in [-0.05, 0) is 26.3 Å². The topological polar surface area (TPSA) is 48.8 Å². The number of para-hydroxylation sites is 1. The number of benzene rings is 1. The third-order valence-electron chi connectivity index (χ3n) is 6.80. The van der Waals surface area contributed by atoms with Crippen LogP contribution in [0, 0.1) is 11.3 Å². The van der Waals surface area contributed by atoms with Gasteiger partial charge in [0.25, 0.3) is 0 Å². The number of hydrogen-bond acceptors (Lipinski definition) is 5. The van der Waals surface area contributed by atoms with E-state index in [1.807, 2.05) is 24.7 Å². The summed E-state index contributed by atoms with van der Waals surface area (Å²) in [5.74, 6) is 1.97. The maximum absolute atomic E-state index is 6.53. The van der Waals surface area contributed by atoms with E-state index in [0.29, 0.717) is 5.92 Å². The Kier molecular flexibility index (Phi) is 4.00. The summed E-state index contributed by atoms with van der Waals surface area (Å²) in [7, 11) is 3.75.